The first-order valence-electron chi connectivity index (χ1n) is 7.39. The van der Waals surface area contributed by atoms with E-state index in [0.717, 1.165) is 10.9 Å². The molecule has 0 saturated carbocycles. The molecule has 0 amide bonds. The first kappa shape index (κ1) is 16.1. The lowest BCUT2D eigenvalue weighted by molar-refractivity contribution is -0.158. The van der Waals surface area contributed by atoms with Gasteiger partial charge in [-0.3, -0.25) is 0 Å². The van der Waals surface area contributed by atoms with Crippen LogP contribution in [0.5, 0.6) is 0 Å². The Morgan fingerprint density at radius 3 is 2.74 bits per heavy atom. The molecule has 0 radical (unpaired) electrons. The van der Waals surface area contributed by atoms with Crippen LogP contribution in [0.4, 0.5) is 0 Å². The van der Waals surface area contributed by atoms with Crippen molar-refractivity contribution in [3.63, 3.8) is 0 Å². The van der Waals surface area contributed by atoms with Gasteiger partial charge in [0.2, 0.25) is 0 Å². The number of thiophene rings is 1. The Hall–Kier alpha value is -1.73. The van der Waals surface area contributed by atoms with E-state index >= 15 is 0 Å². The van der Waals surface area contributed by atoms with E-state index in [4.69, 9.17) is 5.11 Å². The smallest absolute Gasteiger partial charge is 0.339 e. The molecule has 0 spiro atoms. The number of carboxylic acids is 1. The van der Waals surface area contributed by atoms with Crippen LogP contribution in [0.25, 0.3) is 10.1 Å². The van der Waals surface area contributed by atoms with Crippen molar-refractivity contribution in [1.82, 2.24) is 0 Å². The highest BCUT2D eigenvalue weighted by Gasteiger charge is 2.43. The summed E-state index contributed by atoms with van der Waals surface area (Å²) in [5.74, 6) is -1.41. The number of rotatable bonds is 4. The minimum absolute atomic E-state index is 0.365. The number of benzene rings is 1. The fraction of sp³-hybridized carbons (Fsp3) is 0.353. The number of aliphatic carboxylic acids is 1. The largest absolute Gasteiger partial charge is 0.479 e. The van der Waals surface area contributed by atoms with E-state index in [1.165, 1.54) is 10.8 Å². The van der Waals surface area contributed by atoms with Crippen molar-refractivity contribution in [2.24, 2.45) is 0 Å². The van der Waals surface area contributed by atoms with Gasteiger partial charge in [0.1, 0.15) is 6.10 Å². The Morgan fingerprint density at radius 2 is 2.00 bits per heavy atom. The molecule has 1 aliphatic carbocycles. The van der Waals surface area contributed by atoms with E-state index in [2.05, 4.69) is 0 Å². The van der Waals surface area contributed by atoms with Gasteiger partial charge in [0.15, 0.2) is 5.60 Å². The summed E-state index contributed by atoms with van der Waals surface area (Å²) in [6.45, 7) is 0. The summed E-state index contributed by atoms with van der Waals surface area (Å²) in [6, 6.07) is 7.99. The Kier molecular flexibility index (Phi) is 4.25. The third-order valence-corrected chi connectivity index (χ3v) is 5.32. The highest BCUT2D eigenvalue weighted by atomic mass is 32.1. The molecule has 0 bridgehead atoms. The van der Waals surface area contributed by atoms with Crippen molar-refractivity contribution in [3.8, 4) is 0 Å². The summed E-state index contributed by atoms with van der Waals surface area (Å²) < 4.78 is 1.17. The summed E-state index contributed by atoms with van der Waals surface area (Å²) in [5.41, 5.74) is -0.647. The highest BCUT2D eigenvalue weighted by Crippen LogP contribution is 2.32. The van der Waals surface area contributed by atoms with Crippen LogP contribution in [-0.4, -0.2) is 44.2 Å². The van der Waals surface area contributed by atoms with E-state index in [-0.39, 0.29) is 0 Å². The number of aliphatic hydroxyl groups excluding tert-OH is 2. The zero-order chi connectivity index (χ0) is 16.6. The summed E-state index contributed by atoms with van der Waals surface area (Å²) in [5, 5.41) is 42.3. The summed E-state index contributed by atoms with van der Waals surface area (Å²) >= 11 is 1.63. The van der Waals surface area contributed by atoms with Gasteiger partial charge in [-0.1, -0.05) is 18.2 Å². The molecule has 6 heteroatoms. The lowest BCUT2D eigenvalue weighted by atomic mass is 9.81. The van der Waals surface area contributed by atoms with Gasteiger partial charge in [-0.2, -0.15) is 0 Å². The normalized spacial score (nSPS) is 27.9. The van der Waals surface area contributed by atoms with Gasteiger partial charge in [-0.25, -0.2) is 4.79 Å². The van der Waals surface area contributed by atoms with Crippen molar-refractivity contribution in [2.75, 3.05) is 0 Å². The Bertz CT molecular complexity index is 765. The number of aryl methyl sites for hydroxylation is 1. The fourth-order valence-electron chi connectivity index (χ4n) is 3.00. The van der Waals surface area contributed by atoms with Gasteiger partial charge in [0.05, 0.1) is 6.10 Å². The molecule has 3 atom stereocenters. The summed E-state index contributed by atoms with van der Waals surface area (Å²) in [4.78, 5) is 11.2. The second kappa shape index (κ2) is 6.05. The lowest BCUT2D eigenvalue weighted by Crippen LogP contribution is -2.48. The Balaban J connectivity index is 1.83. The monoisotopic (exact) mass is 334 g/mol. The molecule has 0 fully saturated rings. The number of hydrogen-bond acceptors (Lipinski definition) is 5. The molecule has 0 unspecified atom stereocenters. The van der Waals surface area contributed by atoms with Crippen molar-refractivity contribution >= 4 is 27.4 Å². The van der Waals surface area contributed by atoms with E-state index in [0.29, 0.717) is 18.4 Å². The molecule has 1 aromatic carbocycles. The van der Waals surface area contributed by atoms with E-state index < -0.39 is 30.2 Å². The summed E-state index contributed by atoms with van der Waals surface area (Å²) in [6.07, 6.45) is -0.658. The van der Waals surface area contributed by atoms with Crippen LogP contribution in [0.15, 0.2) is 41.3 Å². The number of carbonyl (C=O) groups is 1. The summed E-state index contributed by atoms with van der Waals surface area (Å²) in [7, 11) is 0. The molecule has 5 nitrogen and oxygen atoms in total. The third-order valence-electron chi connectivity index (χ3n) is 4.30. The minimum atomic E-state index is -2.12. The van der Waals surface area contributed by atoms with Gasteiger partial charge >= 0.3 is 5.97 Å². The SMILES string of the molecule is O=C(O)[C@]1(O)C=C(CCc2csc3ccccc23)[C@@H](O)[C@H](O)C1. The van der Waals surface area contributed by atoms with Crippen LogP contribution >= 0.6 is 11.3 Å². The Morgan fingerprint density at radius 1 is 1.26 bits per heavy atom. The van der Waals surface area contributed by atoms with Crippen molar-refractivity contribution < 1.29 is 25.2 Å². The van der Waals surface area contributed by atoms with Crippen molar-refractivity contribution in [2.45, 2.75) is 37.1 Å². The van der Waals surface area contributed by atoms with Crippen molar-refractivity contribution in [3.05, 3.63) is 46.9 Å². The van der Waals surface area contributed by atoms with E-state index in [1.807, 2.05) is 29.6 Å². The number of aliphatic hydroxyl groups is 3. The fourth-order valence-corrected chi connectivity index (χ4v) is 4.00. The molecule has 3 rings (SSSR count). The van der Waals surface area contributed by atoms with Crippen LogP contribution in [0.2, 0.25) is 0 Å². The molecule has 4 N–H and O–H groups in total. The second-order valence-electron chi connectivity index (χ2n) is 5.92. The van der Waals surface area contributed by atoms with Crippen LogP contribution in [0.3, 0.4) is 0 Å². The average molecular weight is 334 g/mol. The van der Waals surface area contributed by atoms with Crippen LogP contribution < -0.4 is 0 Å². The highest BCUT2D eigenvalue weighted by molar-refractivity contribution is 7.17. The van der Waals surface area contributed by atoms with Gasteiger partial charge < -0.3 is 20.4 Å². The first-order valence-corrected chi connectivity index (χ1v) is 8.27. The molecule has 0 saturated heterocycles. The maximum Gasteiger partial charge on any atom is 0.339 e. The maximum atomic E-state index is 11.2. The van der Waals surface area contributed by atoms with Crippen LogP contribution in [0, 0.1) is 0 Å². The molecule has 122 valence electrons. The average Bonchev–Trinajstić information content (AvgIpc) is 2.93. The van der Waals surface area contributed by atoms with Crippen LogP contribution in [-0.2, 0) is 11.2 Å². The second-order valence-corrected chi connectivity index (χ2v) is 6.83. The minimum Gasteiger partial charge on any atom is -0.479 e. The molecular formula is C17H18O5S. The molecule has 1 heterocycles. The van der Waals surface area contributed by atoms with Gasteiger partial charge in [0, 0.05) is 11.1 Å². The predicted octanol–water partition coefficient (Wildman–Crippen LogP) is 1.70. The standard InChI is InChI=1S/C17H18O5S/c18-13-8-17(22,16(20)21)7-10(15(13)19)5-6-11-9-23-14-4-2-1-3-12(11)14/h1-4,7,9,13,15,18-19,22H,5-6,8H2,(H,20,21)/t13-,15-,17+/m1/s1. The zero-order valence-corrected chi connectivity index (χ0v) is 13.2. The van der Waals surface area contributed by atoms with E-state index in [9.17, 15) is 20.1 Å². The Labute approximate surface area is 137 Å². The first-order chi connectivity index (χ1) is 10.9. The third kappa shape index (κ3) is 3.03. The molecule has 2 aromatic rings. The van der Waals surface area contributed by atoms with Gasteiger partial charge in [0.25, 0.3) is 0 Å². The maximum absolute atomic E-state index is 11.2. The van der Waals surface area contributed by atoms with Gasteiger partial charge in [-0.05, 0) is 46.9 Å². The molecular weight excluding hydrogens is 316 g/mol. The topological polar surface area (TPSA) is 98.0 Å². The molecule has 1 aromatic heterocycles. The number of fused-ring (bicyclic) bond motifs is 1. The number of hydrogen-bond donors (Lipinski definition) is 4. The van der Waals surface area contributed by atoms with Crippen molar-refractivity contribution in [1.29, 1.82) is 0 Å². The molecule has 0 aliphatic heterocycles. The molecule has 23 heavy (non-hydrogen) atoms. The number of carboxylic acid groups (broad SMARTS) is 1. The zero-order valence-electron chi connectivity index (χ0n) is 12.3. The molecule has 1 aliphatic rings. The quantitative estimate of drug-likeness (QED) is 0.638. The van der Waals surface area contributed by atoms with Gasteiger partial charge in [-0.15, -0.1) is 11.3 Å². The lowest BCUT2D eigenvalue weighted by Gasteiger charge is -2.33. The van der Waals surface area contributed by atoms with E-state index in [1.54, 1.807) is 11.3 Å². The van der Waals surface area contributed by atoms with Crippen LogP contribution in [0.1, 0.15) is 18.4 Å². The predicted molar refractivity (Wildman–Crippen MR) is 87.4 cm³/mol.